The van der Waals surface area contributed by atoms with Crippen LogP contribution in [-0.2, 0) is 12.8 Å². The minimum Gasteiger partial charge on any atom is -0.461 e. The van der Waals surface area contributed by atoms with Crippen LogP contribution in [0, 0.1) is 0 Å². The molecule has 12 nitrogen and oxygen atoms in total. The number of fused-ring (bicyclic) bond motifs is 2. The Balaban J connectivity index is 0.000000147. The highest BCUT2D eigenvalue weighted by molar-refractivity contribution is 5.70. The van der Waals surface area contributed by atoms with E-state index in [9.17, 15) is 0 Å². The highest BCUT2D eigenvalue weighted by Gasteiger charge is 2.13. The van der Waals surface area contributed by atoms with Gasteiger partial charge in [0.1, 0.15) is 0 Å². The van der Waals surface area contributed by atoms with Crippen LogP contribution in [0.15, 0.2) is 118 Å². The van der Waals surface area contributed by atoms with Crippen LogP contribution >= 0.6 is 0 Å². The Morgan fingerprint density at radius 2 is 1.17 bits per heavy atom. The fourth-order valence-corrected chi connectivity index (χ4v) is 4.79. The van der Waals surface area contributed by atoms with Crippen molar-refractivity contribution in [2.45, 2.75) is 12.8 Å². The molecule has 0 amide bonds. The second-order valence-corrected chi connectivity index (χ2v) is 10.2. The molecule has 0 atom stereocenters. The molecule has 12 heteroatoms. The van der Waals surface area contributed by atoms with Gasteiger partial charge in [0.2, 0.25) is 23.5 Å². The highest BCUT2D eigenvalue weighted by Crippen LogP contribution is 2.20. The van der Waals surface area contributed by atoms with Gasteiger partial charge in [0.25, 0.3) is 0 Å². The number of hydrogen-bond donors (Lipinski definition) is 2. The number of nitrogens with two attached hydrogens (primary N) is 2. The molecule has 6 aromatic heterocycles. The first-order valence-electron chi connectivity index (χ1n) is 14.5. The predicted octanol–water partition coefficient (Wildman–Crippen LogP) is 5.89. The van der Waals surface area contributed by atoms with E-state index >= 15 is 0 Å². The lowest BCUT2D eigenvalue weighted by molar-refractivity contribution is 0.577. The van der Waals surface area contributed by atoms with E-state index < -0.39 is 0 Å². The van der Waals surface area contributed by atoms with E-state index in [-0.39, 0.29) is 5.95 Å². The zero-order valence-electron chi connectivity index (χ0n) is 24.5. The molecule has 6 heterocycles. The molecule has 0 aliphatic carbocycles. The van der Waals surface area contributed by atoms with Gasteiger partial charge in [0, 0.05) is 17.8 Å². The van der Waals surface area contributed by atoms with Crippen molar-refractivity contribution in [1.82, 2.24) is 39.2 Å². The van der Waals surface area contributed by atoms with Gasteiger partial charge < -0.3 is 20.3 Å². The number of anilines is 2. The summed E-state index contributed by atoms with van der Waals surface area (Å²) >= 11 is 0. The van der Waals surface area contributed by atoms with Crippen molar-refractivity contribution in [3.05, 3.63) is 132 Å². The summed E-state index contributed by atoms with van der Waals surface area (Å²) < 4.78 is 13.7. The van der Waals surface area contributed by atoms with Crippen LogP contribution in [0.1, 0.15) is 22.5 Å². The van der Waals surface area contributed by atoms with E-state index in [1.54, 1.807) is 30.7 Å². The fourth-order valence-electron chi connectivity index (χ4n) is 4.79. The summed E-state index contributed by atoms with van der Waals surface area (Å²) in [7, 11) is 0. The van der Waals surface area contributed by atoms with Gasteiger partial charge in [-0.3, -0.25) is 0 Å². The zero-order chi connectivity index (χ0) is 31.3. The van der Waals surface area contributed by atoms with Gasteiger partial charge >= 0.3 is 0 Å². The van der Waals surface area contributed by atoms with Crippen molar-refractivity contribution in [2.24, 2.45) is 0 Å². The van der Waals surface area contributed by atoms with Crippen LogP contribution in [0.3, 0.4) is 0 Å². The molecule has 0 bridgehead atoms. The Bertz CT molecular complexity index is 2220. The maximum Gasteiger partial charge on any atom is 0.223 e. The number of aryl methyl sites for hydroxylation is 2. The first-order valence-corrected chi connectivity index (χ1v) is 14.5. The monoisotopic (exact) mass is 608 g/mol. The van der Waals surface area contributed by atoms with E-state index in [1.165, 1.54) is 14.6 Å². The maximum atomic E-state index is 6.01. The number of benzene rings is 2. The molecule has 8 rings (SSSR count). The average Bonchev–Trinajstić information content (AvgIpc) is 3.90. The van der Waals surface area contributed by atoms with Gasteiger partial charge in [-0.15, -0.1) is 10.2 Å². The Kier molecular flexibility index (Phi) is 7.72. The molecule has 0 saturated carbocycles. The molecule has 0 aliphatic rings. The van der Waals surface area contributed by atoms with Gasteiger partial charge in [0.15, 0.2) is 22.8 Å². The van der Waals surface area contributed by atoms with Crippen LogP contribution < -0.4 is 11.5 Å². The van der Waals surface area contributed by atoms with Gasteiger partial charge in [-0.1, -0.05) is 66.7 Å². The minimum absolute atomic E-state index is 0.278. The van der Waals surface area contributed by atoms with Crippen molar-refractivity contribution < 1.29 is 8.83 Å². The van der Waals surface area contributed by atoms with E-state index in [0.29, 0.717) is 40.4 Å². The third-order valence-corrected chi connectivity index (χ3v) is 7.01. The number of nitrogen functional groups attached to an aromatic ring is 2. The zero-order valence-corrected chi connectivity index (χ0v) is 24.5. The molecule has 8 aromatic rings. The molecule has 226 valence electrons. The minimum atomic E-state index is 0.278. The highest BCUT2D eigenvalue weighted by atomic mass is 16.3. The van der Waals surface area contributed by atoms with Crippen molar-refractivity contribution >= 4 is 35.3 Å². The SMILES string of the molecule is Nc1nc(/C=C/c2ccccc2)cc2nc(-c3ccco3)nn12.Nc1nc(CCc2ccccc2)cc2nc(-c3ccco3)nn12. The Hall–Kier alpha value is -6.56. The number of hydrogen-bond acceptors (Lipinski definition) is 10. The summed E-state index contributed by atoms with van der Waals surface area (Å²) in [6, 6.07) is 31.2. The van der Waals surface area contributed by atoms with E-state index in [1.807, 2.05) is 78.9 Å². The molecular formula is C34H28N10O2. The Labute approximate surface area is 262 Å². The molecule has 2 aromatic carbocycles. The normalized spacial score (nSPS) is 11.3. The molecule has 0 aliphatic heterocycles. The summed E-state index contributed by atoms with van der Waals surface area (Å²) in [4.78, 5) is 17.7. The number of aromatic nitrogens is 8. The lowest BCUT2D eigenvalue weighted by Gasteiger charge is -2.03. The lowest BCUT2D eigenvalue weighted by Crippen LogP contribution is -2.05. The van der Waals surface area contributed by atoms with Crippen LogP contribution in [-0.4, -0.2) is 39.2 Å². The number of rotatable bonds is 7. The maximum absolute atomic E-state index is 6.01. The summed E-state index contributed by atoms with van der Waals surface area (Å²) in [6.07, 6.45) is 8.75. The Morgan fingerprint density at radius 1 is 0.587 bits per heavy atom. The molecule has 0 fully saturated rings. The molecular weight excluding hydrogens is 580 g/mol. The van der Waals surface area contributed by atoms with E-state index in [4.69, 9.17) is 20.3 Å². The van der Waals surface area contributed by atoms with Crippen LogP contribution in [0.4, 0.5) is 11.9 Å². The summed E-state index contributed by atoms with van der Waals surface area (Å²) in [5.74, 6) is 2.79. The van der Waals surface area contributed by atoms with Gasteiger partial charge in [-0.2, -0.15) is 9.03 Å². The van der Waals surface area contributed by atoms with Crippen molar-refractivity contribution in [1.29, 1.82) is 0 Å². The average molecular weight is 609 g/mol. The topological polar surface area (TPSA) is 164 Å². The van der Waals surface area contributed by atoms with E-state index in [2.05, 4.69) is 42.3 Å². The number of nitrogens with zero attached hydrogens (tertiary/aromatic N) is 8. The second kappa shape index (κ2) is 12.6. The Morgan fingerprint density at radius 3 is 1.78 bits per heavy atom. The summed E-state index contributed by atoms with van der Waals surface area (Å²) in [5.41, 5.74) is 17.3. The molecule has 0 saturated heterocycles. The molecule has 0 radical (unpaired) electrons. The molecule has 0 unspecified atom stereocenters. The third-order valence-electron chi connectivity index (χ3n) is 7.01. The van der Waals surface area contributed by atoms with Crippen LogP contribution in [0.2, 0.25) is 0 Å². The van der Waals surface area contributed by atoms with Gasteiger partial charge in [0.05, 0.1) is 18.2 Å². The van der Waals surface area contributed by atoms with Gasteiger partial charge in [-0.25, -0.2) is 19.9 Å². The third kappa shape index (κ3) is 6.21. The van der Waals surface area contributed by atoms with Gasteiger partial charge in [-0.05, 0) is 54.3 Å². The first kappa shape index (κ1) is 28.2. The number of furan rings is 2. The summed E-state index contributed by atoms with van der Waals surface area (Å²) in [5, 5.41) is 8.65. The molecule has 46 heavy (non-hydrogen) atoms. The van der Waals surface area contributed by atoms with Crippen LogP contribution in [0.5, 0.6) is 0 Å². The predicted molar refractivity (Wildman–Crippen MR) is 175 cm³/mol. The first-order chi connectivity index (χ1) is 22.6. The summed E-state index contributed by atoms with van der Waals surface area (Å²) in [6.45, 7) is 0. The quantitative estimate of drug-likeness (QED) is 0.223. The fraction of sp³-hybridized carbons (Fsp3) is 0.0588. The smallest absolute Gasteiger partial charge is 0.223 e. The van der Waals surface area contributed by atoms with Crippen molar-refractivity contribution in [3.8, 4) is 23.2 Å². The van der Waals surface area contributed by atoms with Crippen molar-refractivity contribution in [2.75, 3.05) is 11.5 Å². The van der Waals surface area contributed by atoms with Crippen LogP contribution in [0.25, 0.3) is 46.6 Å². The molecule has 0 spiro atoms. The van der Waals surface area contributed by atoms with Crippen molar-refractivity contribution in [3.63, 3.8) is 0 Å². The molecule has 4 N–H and O–H groups in total. The largest absolute Gasteiger partial charge is 0.461 e. The standard InChI is InChI=1S/C17H15N5O.C17H13N5O/c2*18-17-19-13(9-8-12-5-2-1-3-6-12)11-15-20-16(21-22(15)17)14-7-4-10-23-14/h1-7,10-11H,8-9H2,(H2,18,19);1-11H,(H2,18,19)/b;9-8+. The van der Waals surface area contributed by atoms with E-state index in [0.717, 1.165) is 29.8 Å². The lowest BCUT2D eigenvalue weighted by atomic mass is 10.1. The second-order valence-electron chi connectivity index (χ2n) is 10.2.